The average molecular weight is 300 g/mol. The van der Waals surface area contributed by atoms with Gasteiger partial charge in [-0.1, -0.05) is 98.1 Å². The van der Waals surface area contributed by atoms with E-state index in [1.165, 1.54) is 83.3 Å². The lowest BCUT2D eigenvalue weighted by Gasteiger charge is -2.35. The Kier molecular flexibility index (Phi) is 13.0. The standard InChI is InChI=1S/C18H41NSi/c1-6-9-10-11-12-13-14-15-16-17-18-20(4,5)19(7-2)8-3/h6-18H2,1-5H3. The first-order valence-electron chi connectivity index (χ1n) is 9.33. The first-order valence-corrected chi connectivity index (χ1v) is 12.5. The average Bonchev–Trinajstić information content (AvgIpc) is 2.42. The van der Waals surface area contributed by atoms with Crippen LogP contribution < -0.4 is 0 Å². The van der Waals surface area contributed by atoms with Gasteiger partial charge in [0.1, 0.15) is 8.24 Å². The molecule has 0 rings (SSSR count). The third kappa shape index (κ3) is 9.98. The molecule has 0 aromatic rings. The van der Waals surface area contributed by atoms with E-state index >= 15 is 0 Å². The second-order valence-electron chi connectivity index (χ2n) is 6.92. The topological polar surface area (TPSA) is 3.24 Å². The van der Waals surface area contributed by atoms with E-state index in [4.69, 9.17) is 0 Å². The molecule has 0 aliphatic carbocycles. The summed E-state index contributed by atoms with van der Waals surface area (Å²) in [4.78, 5) is 0. The molecule has 0 spiro atoms. The van der Waals surface area contributed by atoms with Crippen LogP contribution in [0.1, 0.15) is 85.0 Å². The Morgan fingerprint density at radius 2 is 1.00 bits per heavy atom. The molecule has 0 N–H and O–H groups in total. The summed E-state index contributed by atoms with van der Waals surface area (Å²) in [5, 5.41) is 0. The van der Waals surface area contributed by atoms with Crippen molar-refractivity contribution in [2.75, 3.05) is 13.1 Å². The predicted molar refractivity (Wildman–Crippen MR) is 97.1 cm³/mol. The van der Waals surface area contributed by atoms with Gasteiger partial charge < -0.3 is 4.57 Å². The highest BCUT2D eigenvalue weighted by atomic mass is 28.3. The van der Waals surface area contributed by atoms with Crippen LogP contribution in [0.4, 0.5) is 0 Å². The molecule has 0 fully saturated rings. The Hall–Kier alpha value is 0.177. The Bertz CT molecular complexity index is 200. The fourth-order valence-electron chi connectivity index (χ4n) is 3.28. The monoisotopic (exact) mass is 299 g/mol. The van der Waals surface area contributed by atoms with Crippen LogP contribution in [0.25, 0.3) is 0 Å². The number of hydrogen-bond donors (Lipinski definition) is 0. The summed E-state index contributed by atoms with van der Waals surface area (Å²) in [6.07, 6.45) is 14.5. The molecular formula is C18H41NSi. The summed E-state index contributed by atoms with van der Waals surface area (Å²) < 4.78 is 2.74. The van der Waals surface area contributed by atoms with E-state index in [9.17, 15) is 0 Å². The minimum absolute atomic E-state index is 1.09. The van der Waals surface area contributed by atoms with Crippen LogP contribution in [0, 0.1) is 0 Å². The van der Waals surface area contributed by atoms with Gasteiger partial charge in [-0.15, -0.1) is 0 Å². The fourth-order valence-corrected chi connectivity index (χ4v) is 6.43. The smallest absolute Gasteiger partial charge is 0.122 e. The molecule has 0 aliphatic rings. The van der Waals surface area contributed by atoms with Gasteiger partial charge in [-0.05, 0) is 19.1 Å². The molecule has 0 saturated carbocycles. The first-order chi connectivity index (χ1) is 9.58. The Morgan fingerprint density at radius 3 is 1.40 bits per heavy atom. The number of unbranched alkanes of at least 4 members (excludes halogenated alkanes) is 9. The van der Waals surface area contributed by atoms with Crippen molar-refractivity contribution in [2.24, 2.45) is 0 Å². The zero-order valence-corrected chi connectivity index (χ0v) is 16.1. The lowest BCUT2D eigenvalue weighted by molar-refractivity contribution is 0.461. The zero-order valence-electron chi connectivity index (χ0n) is 15.1. The molecular weight excluding hydrogens is 258 g/mol. The van der Waals surface area contributed by atoms with Crippen LogP contribution in [-0.4, -0.2) is 25.9 Å². The molecule has 122 valence electrons. The molecule has 0 saturated heterocycles. The van der Waals surface area contributed by atoms with Crippen molar-refractivity contribution in [1.29, 1.82) is 0 Å². The molecule has 0 aromatic heterocycles. The molecule has 20 heavy (non-hydrogen) atoms. The summed E-state index contributed by atoms with van der Waals surface area (Å²) >= 11 is 0. The molecule has 0 atom stereocenters. The molecule has 0 unspecified atom stereocenters. The van der Waals surface area contributed by atoms with Crippen LogP contribution in [0.5, 0.6) is 0 Å². The van der Waals surface area contributed by atoms with Crippen molar-refractivity contribution in [1.82, 2.24) is 4.57 Å². The quantitative estimate of drug-likeness (QED) is 0.263. The molecule has 1 nitrogen and oxygen atoms in total. The highest BCUT2D eigenvalue weighted by Gasteiger charge is 2.26. The van der Waals surface area contributed by atoms with E-state index in [1.807, 2.05) is 0 Å². The maximum atomic E-state index is 2.74. The van der Waals surface area contributed by atoms with Gasteiger partial charge in [-0.3, -0.25) is 0 Å². The number of rotatable bonds is 14. The minimum Gasteiger partial charge on any atom is -0.324 e. The normalized spacial score (nSPS) is 12.3. The van der Waals surface area contributed by atoms with Crippen LogP contribution in [0.15, 0.2) is 0 Å². The van der Waals surface area contributed by atoms with Gasteiger partial charge in [0.15, 0.2) is 0 Å². The molecule has 0 amide bonds. The van der Waals surface area contributed by atoms with Gasteiger partial charge in [-0.2, -0.15) is 0 Å². The van der Waals surface area contributed by atoms with E-state index < -0.39 is 8.24 Å². The van der Waals surface area contributed by atoms with Crippen molar-refractivity contribution in [2.45, 2.75) is 104 Å². The van der Waals surface area contributed by atoms with Gasteiger partial charge >= 0.3 is 0 Å². The Balaban J connectivity index is 3.43. The predicted octanol–water partition coefficient (Wildman–Crippen LogP) is 6.45. The summed E-state index contributed by atoms with van der Waals surface area (Å²) in [6.45, 7) is 14.5. The molecule has 2 heteroatoms. The molecule has 0 radical (unpaired) electrons. The van der Waals surface area contributed by atoms with E-state index in [0.717, 1.165) is 0 Å². The highest BCUT2D eigenvalue weighted by Crippen LogP contribution is 2.20. The third-order valence-corrected chi connectivity index (χ3v) is 8.68. The van der Waals surface area contributed by atoms with Crippen molar-refractivity contribution < 1.29 is 0 Å². The van der Waals surface area contributed by atoms with Gasteiger partial charge in [0.05, 0.1) is 0 Å². The van der Waals surface area contributed by atoms with E-state index in [2.05, 4.69) is 38.4 Å². The second kappa shape index (κ2) is 12.9. The largest absolute Gasteiger partial charge is 0.324 e. The van der Waals surface area contributed by atoms with Gasteiger partial charge in [0, 0.05) is 0 Å². The third-order valence-electron chi connectivity index (χ3n) is 4.76. The van der Waals surface area contributed by atoms with Crippen LogP contribution in [0.2, 0.25) is 19.1 Å². The molecule has 0 bridgehead atoms. The summed E-state index contributed by atoms with van der Waals surface area (Å²) in [5.41, 5.74) is 0. The van der Waals surface area contributed by atoms with E-state index in [1.54, 1.807) is 0 Å². The SMILES string of the molecule is CCCCCCCCCCCC[Si](C)(C)N(CC)CC. The maximum absolute atomic E-state index is 2.74. The van der Waals surface area contributed by atoms with E-state index in [-0.39, 0.29) is 0 Å². The lowest BCUT2D eigenvalue weighted by atomic mass is 10.1. The minimum atomic E-state index is -1.09. The van der Waals surface area contributed by atoms with Crippen LogP contribution >= 0.6 is 0 Å². The summed E-state index contributed by atoms with van der Waals surface area (Å²) in [6, 6.07) is 1.49. The van der Waals surface area contributed by atoms with Gasteiger partial charge in [0.25, 0.3) is 0 Å². The Morgan fingerprint density at radius 1 is 0.600 bits per heavy atom. The Labute approximate surface area is 130 Å². The zero-order chi connectivity index (χ0) is 15.3. The molecule has 0 aliphatic heterocycles. The van der Waals surface area contributed by atoms with Crippen molar-refractivity contribution in [3.63, 3.8) is 0 Å². The summed E-state index contributed by atoms with van der Waals surface area (Å²) in [7, 11) is -1.09. The number of nitrogens with zero attached hydrogens (tertiary/aromatic N) is 1. The number of hydrogen-bond acceptors (Lipinski definition) is 1. The van der Waals surface area contributed by atoms with E-state index in [0.29, 0.717) is 0 Å². The highest BCUT2D eigenvalue weighted by molar-refractivity contribution is 6.74. The maximum Gasteiger partial charge on any atom is 0.122 e. The van der Waals surface area contributed by atoms with Crippen molar-refractivity contribution in [3.8, 4) is 0 Å². The van der Waals surface area contributed by atoms with Gasteiger partial charge in [-0.25, -0.2) is 0 Å². The fraction of sp³-hybridized carbons (Fsp3) is 1.00. The summed E-state index contributed by atoms with van der Waals surface area (Å²) in [5.74, 6) is 0. The first kappa shape index (κ1) is 20.2. The second-order valence-corrected chi connectivity index (χ2v) is 11.7. The lowest BCUT2D eigenvalue weighted by Crippen LogP contribution is -2.48. The van der Waals surface area contributed by atoms with Crippen LogP contribution in [0.3, 0.4) is 0 Å². The van der Waals surface area contributed by atoms with Gasteiger partial charge in [0.2, 0.25) is 0 Å². The molecule has 0 aromatic carbocycles. The van der Waals surface area contributed by atoms with Crippen molar-refractivity contribution in [3.05, 3.63) is 0 Å². The van der Waals surface area contributed by atoms with Crippen LogP contribution in [-0.2, 0) is 0 Å². The van der Waals surface area contributed by atoms with Crippen molar-refractivity contribution >= 4 is 8.24 Å². The molecule has 0 heterocycles.